The van der Waals surface area contributed by atoms with E-state index in [0.29, 0.717) is 29.7 Å². The van der Waals surface area contributed by atoms with Crippen molar-refractivity contribution in [2.45, 2.75) is 37.7 Å². The zero-order chi connectivity index (χ0) is 21.1. The maximum Gasteiger partial charge on any atom is 0.264 e. The SMILES string of the molecule is CSc1nc(NC(C)C)c2cnn(CCNC(=O)C3COc4ccccc4O3)c2n1. The van der Waals surface area contributed by atoms with Crippen LogP contribution in [-0.2, 0) is 11.3 Å². The molecule has 4 rings (SSSR count). The molecular weight excluding hydrogens is 404 g/mol. The van der Waals surface area contributed by atoms with Gasteiger partial charge in [-0.25, -0.2) is 14.6 Å². The second-order valence-electron chi connectivity index (χ2n) is 7.12. The van der Waals surface area contributed by atoms with Crippen molar-refractivity contribution in [2.24, 2.45) is 0 Å². The van der Waals surface area contributed by atoms with Crippen LogP contribution in [0.1, 0.15) is 13.8 Å². The first-order valence-corrected chi connectivity index (χ1v) is 11.0. The summed E-state index contributed by atoms with van der Waals surface area (Å²) in [5, 5.41) is 12.2. The molecule has 3 heterocycles. The molecule has 0 radical (unpaired) electrons. The maximum absolute atomic E-state index is 12.5. The number of nitrogens with zero attached hydrogens (tertiary/aromatic N) is 4. The number of para-hydroxylation sites is 2. The second kappa shape index (κ2) is 8.78. The molecule has 1 aliphatic heterocycles. The number of anilines is 1. The zero-order valence-electron chi connectivity index (χ0n) is 17.1. The molecule has 30 heavy (non-hydrogen) atoms. The number of ether oxygens (including phenoxy) is 2. The average molecular weight is 429 g/mol. The third-order valence-corrected chi connectivity index (χ3v) is 5.06. The second-order valence-corrected chi connectivity index (χ2v) is 7.89. The van der Waals surface area contributed by atoms with Crippen LogP contribution >= 0.6 is 11.8 Å². The van der Waals surface area contributed by atoms with E-state index in [-0.39, 0.29) is 18.6 Å². The Balaban J connectivity index is 1.41. The number of rotatable bonds is 7. The van der Waals surface area contributed by atoms with Gasteiger partial charge in [0.25, 0.3) is 5.91 Å². The predicted octanol–water partition coefficient (Wildman–Crippen LogP) is 2.32. The lowest BCUT2D eigenvalue weighted by Crippen LogP contribution is -2.44. The van der Waals surface area contributed by atoms with Gasteiger partial charge in [0.05, 0.1) is 18.1 Å². The third-order valence-electron chi connectivity index (χ3n) is 4.51. The summed E-state index contributed by atoms with van der Waals surface area (Å²) < 4.78 is 13.1. The van der Waals surface area contributed by atoms with Crippen molar-refractivity contribution < 1.29 is 14.3 Å². The summed E-state index contributed by atoms with van der Waals surface area (Å²) in [6.07, 6.45) is 3.01. The smallest absolute Gasteiger partial charge is 0.264 e. The molecule has 0 saturated carbocycles. The Hall–Kier alpha value is -3.01. The number of carbonyl (C=O) groups excluding carboxylic acids is 1. The monoisotopic (exact) mass is 428 g/mol. The number of nitrogens with one attached hydrogen (secondary N) is 2. The third kappa shape index (κ3) is 4.28. The van der Waals surface area contributed by atoms with Crippen LogP contribution in [0.15, 0.2) is 35.6 Å². The fourth-order valence-corrected chi connectivity index (χ4v) is 3.48. The largest absolute Gasteiger partial charge is 0.485 e. The summed E-state index contributed by atoms with van der Waals surface area (Å²) >= 11 is 1.48. The minimum atomic E-state index is -0.679. The summed E-state index contributed by atoms with van der Waals surface area (Å²) in [5.74, 6) is 1.77. The van der Waals surface area contributed by atoms with Crippen molar-refractivity contribution in [3.8, 4) is 11.5 Å². The maximum atomic E-state index is 12.5. The van der Waals surface area contributed by atoms with Crippen LogP contribution in [0.3, 0.4) is 0 Å². The van der Waals surface area contributed by atoms with E-state index in [0.717, 1.165) is 16.9 Å². The number of amides is 1. The number of hydrogen-bond donors (Lipinski definition) is 2. The predicted molar refractivity (Wildman–Crippen MR) is 115 cm³/mol. The highest BCUT2D eigenvalue weighted by atomic mass is 32.2. The van der Waals surface area contributed by atoms with Crippen LogP contribution in [0, 0.1) is 0 Å². The molecule has 3 aromatic rings. The minimum Gasteiger partial charge on any atom is -0.485 e. The summed E-state index contributed by atoms with van der Waals surface area (Å²) in [4.78, 5) is 21.6. The molecule has 1 aliphatic rings. The lowest BCUT2D eigenvalue weighted by atomic mass is 10.2. The molecule has 1 unspecified atom stereocenters. The number of aromatic nitrogens is 4. The Morgan fingerprint density at radius 3 is 2.87 bits per heavy atom. The zero-order valence-corrected chi connectivity index (χ0v) is 17.9. The van der Waals surface area contributed by atoms with E-state index in [2.05, 4.69) is 39.5 Å². The molecule has 1 atom stereocenters. The first-order valence-electron chi connectivity index (χ1n) is 9.75. The quantitative estimate of drug-likeness (QED) is 0.437. The van der Waals surface area contributed by atoms with Crippen molar-refractivity contribution in [1.82, 2.24) is 25.1 Å². The molecule has 10 heteroatoms. The van der Waals surface area contributed by atoms with Gasteiger partial charge in [-0.15, -0.1) is 0 Å². The van der Waals surface area contributed by atoms with E-state index < -0.39 is 6.10 Å². The van der Waals surface area contributed by atoms with Gasteiger partial charge < -0.3 is 20.1 Å². The van der Waals surface area contributed by atoms with Gasteiger partial charge in [-0.2, -0.15) is 5.10 Å². The molecule has 2 N–H and O–H groups in total. The van der Waals surface area contributed by atoms with Gasteiger partial charge >= 0.3 is 0 Å². The molecule has 9 nitrogen and oxygen atoms in total. The molecule has 158 valence electrons. The van der Waals surface area contributed by atoms with E-state index >= 15 is 0 Å². The lowest BCUT2D eigenvalue weighted by molar-refractivity contribution is -0.130. The normalized spacial score (nSPS) is 15.4. The highest BCUT2D eigenvalue weighted by molar-refractivity contribution is 7.98. The number of benzene rings is 1. The molecule has 1 amide bonds. The summed E-state index contributed by atoms with van der Waals surface area (Å²) in [7, 11) is 0. The Kier molecular flexibility index (Phi) is 5.93. The van der Waals surface area contributed by atoms with Gasteiger partial charge in [0.15, 0.2) is 22.3 Å². The van der Waals surface area contributed by atoms with Crippen LogP contribution in [0.2, 0.25) is 0 Å². The summed E-state index contributed by atoms with van der Waals surface area (Å²) in [5.41, 5.74) is 0.734. The Morgan fingerprint density at radius 1 is 1.30 bits per heavy atom. The molecular formula is C20H24N6O3S. The van der Waals surface area contributed by atoms with E-state index in [1.807, 2.05) is 24.5 Å². The number of carbonyl (C=O) groups is 1. The average Bonchev–Trinajstić information content (AvgIpc) is 3.16. The minimum absolute atomic E-state index is 0.183. The van der Waals surface area contributed by atoms with Crippen LogP contribution in [0.4, 0.5) is 5.82 Å². The Morgan fingerprint density at radius 2 is 2.10 bits per heavy atom. The number of hydrogen-bond acceptors (Lipinski definition) is 8. The lowest BCUT2D eigenvalue weighted by Gasteiger charge is -2.25. The standard InChI is InChI=1S/C20H24N6O3S/c1-12(2)23-17-13-10-22-26(18(13)25-20(24-17)30-3)9-8-21-19(27)16-11-28-14-6-4-5-7-15(14)29-16/h4-7,10,12,16H,8-9,11H2,1-3H3,(H,21,27)(H,23,24,25). The molecule has 2 aromatic heterocycles. The molecule has 1 aromatic carbocycles. The van der Waals surface area contributed by atoms with Crippen LogP contribution < -0.4 is 20.1 Å². The fourth-order valence-electron chi connectivity index (χ4n) is 3.12. The van der Waals surface area contributed by atoms with Gasteiger partial charge in [0, 0.05) is 12.6 Å². The molecule has 0 saturated heterocycles. The number of fused-ring (bicyclic) bond motifs is 2. The molecule has 0 aliphatic carbocycles. The van der Waals surface area contributed by atoms with E-state index in [1.165, 1.54) is 11.8 Å². The van der Waals surface area contributed by atoms with Gasteiger partial charge in [0.1, 0.15) is 12.4 Å². The highest BCUT2D eigenvalue weighted by Crippen LogP contribution is 2.30. The van der Waals surface area contributed by atoms with Gasteiger partial charge in [0.2, 0.25) is 6.10 Å². The molecule has 0 spiro atoms. The Bertz CT molecular complexity index is 1050. The van der Waals surface area contributed by atoms with Gasteiger partial charge in [-0.05, 0) is 32.2 Å². The van der Waals surface area contributed by atoms with E-state index in [1.54, 1.807) is 16.9 Å². The van der Waals surface area contributed by atoms with Crippen LogP contribution in [0.5, 0.6) is 11.5 Å². The van der Waals surface area contributed by atoms with Crippen LogP contribution in [-0.4, -0.2) is 57.2 Å². The summed E-state index contributed by atoms with van der Waals surface area (Å²) in [6.45, 7) is 5.17. The van der Waals surface area contributed by atoms with Crippen molar-refractivity contribution >= 4 is 34.5 Å². The van der Waals surface area contributed by atoms with Crippen molar-refractivity contribution in [3.63, 3.8) is 0 Å². The Labute approximate surface area is 178 Å². The highest BCUT2D eigenvalue weighted by Gasteiger charge is 2.27. The van der Waals surface area contributed by atoms with Crippen molar-refractivity contribution in [1.29, 1.82) is 0 Å². The van der Waals surface area contributed by atoms with Gasteiger partial charge in [-0.1, -0.05) is 23.9 Å². The first-order chi connectivity index (χ1) is 14.5. The molecule has 0 bridgehead atoms. The fraction of sp³-hybridized carbons (Fsp3) is 0.400. The molecule has 0 fully saturated rings. The summed E-state index contributed by atoms with van der Waals surface area (Å²) in [6, 6.07) is 7.56. The van der Waals surface area contributed by atoms with Crippen molar-refractivity contribution in [3.05, 3.63) is 30.5 Å². The van der Waals surface area contributed by atoms with Gasteiger partial charge in [-0.3, -0.25) is 4.79 Å². The first kappa shape index (κ1) is 20.3. The van der Waals surface area contributed by atoms with Crippen LogP contribution in [0.25, 0.3) is 11.0 Å². The topological polar surface area (TPSA) is 103 Å². The van der Waals surface area contributed by atoms with E-state index in [4.69, 9.17) is 9.47 Å². The van der Waals surface area contributed by atoms with E-state index in [9.17, 15) is 4.79 Å². The number of thioether (sulfide) groups is 1. The van der Waals surface area contributed by atoms with Crippen molar-refractivity contribution in [2.75, 3.05) is 24.7 Å².